The van der Waals surface area contributed by atoms with Crippen LogP contribution in [0.3, 0.4) is 0 Å². The zero-order valence-electron chi connectivity index (χ0n) is 18.4. The molecule has 1 fully saturated rings. The minimum atomic E-state index is 0.0417. The highest BCUT2D eigenvalue weighted by atomic mass is 32.1. The predicted molar refractivity (Wildman–Crippen MR) is 118 cm³/mol. The highest BCUT2D eigenvalue weighted by Gasteiger charge is 2.20. The molecule has 2 rings (SSSR count). The van der Waals surface area contributed by atoms with Gasteiger partial charge in [0.1, 0.15) is 11.1 Å². The lowest BCUT2D eigenvalue weighted by atomic mass is 10.2. The molecule has 0 saturated carbocycles. The number of ether oxygens (including phenoxy) is 1. The molecule has 2 heterocycles. The highest BCUT2D eigenvalue weighted by Crippen LogP contribution is 2.21. The molecule has 1 N–H and O–H groups in total. The van der Waals surface area contributed by atoms with Crippen molar-refractivity contribution in [2.45, 2.75) is 46.4 Å². The smallest absolute Gasteiger partial charge is 0.194 e. The molecule has 0 aromatic carbocycles. The van der Waals surface area contributed by atoms with Crippen LogP contribution in [-0.4, -0.2) is 91.7 Å². The van der Waals surface area contributed by atoms with E-state index in [9.17, 15) is 0 Å². The summed E-state index contributed by atoms with van der Waals surface area (Å²) in [6.45, 7) is 16.8. The van der Waals surface area contributed by atoms with Gasteiger partial charge in [0, 0.05) is 58.3 Å². The molecule has 1 aromatic rings. The third-order valence-electron chi connectivity index (χ3n) is 5.35. The molecule has 0 spiro atoms. The maximum Gasteiger partial charge on any atom is 0.194 e. The average molecular weight is 411 g/mol. The van der Waals surface area contributed by atoms with Gasteiger partial charge in [0.2, 0.25) is 0 Å². The number of rotatable bonds is 9. The number of methoxy groups -OCH3 is 1. The number of likely N-dealkylation sites (N-methyl/N-ethyl adjacent to an activating group) is 1. The first-order chi connectivity index (χ1) is 13.5. The summed E-state index contributed by atoms with van der Waals surface area (Å²) in [6, 6.07) is 0.453. The SMILES string of the molecule is CCNC(=NCC(C)N1CCN(CC)CC1)N(C)Cc1csc(C(C)OC)n1. The van der Waals surface area contributed by atoms with E-state index in [0.29, 0.717) is 6.04 Å². The standard InChI is InChI=1S/C20H38N6OS/c1-7-21-20(22-13-16(3)26-11-9-25(8-2)10-12-26)24(5)14-18-15-28-19(23-18)17(4)27-6/h15-17H,7-14H2,1-6H3,(H,21,22). The van der Waals surface area contributed by atoms with Gasteiger partial charge in [-0.25, -0.2) is 4.98 Å². The molecule has 7 nitrogen and oxygen atoms in total. The summed E-state index contributed by atoms with van der Waals surface area (Å²) >= 11 is 1.65. The predicted octanol–water partition coefficient (Wildman–Crippen LogP) is 2.27. The van der Waals surface area contributed by atoms with Crippen LogP contribution in [0.2, 0.25) is 0 Å². The number of thiazole rings is 1. The van der Waals surface area contributed by atoms with Crippen LogP contribution in [0, 0.1) is 0 Å². The van der Waals surface area contributed by atoms with Crippen LogP contribution in [0.5, 0.6) is 0 Å². The monoisotopic (exact) mass is 410 g/mol. The van der Waals surface area contributed by atoms with Gasteiger partial charge in [0.15, 0.2) is 5.96 Å². The van der Waals surface area contributed by atoms with E-state index in [1.807, 2.05) is 6.92 Å². The van der Waals surface area contributed by atoms with E-state index in [-0.39, 0.29) is 6.10 Å². The Balaban J connectivity index is 1.92. The van der Waals surface area contributed by atoms with Crippen molar-refractivity contribution >= 4 is 17.3 Å². The van der Waals surface area contributed by atoms with Crippen LogP contribution in [0.4, 0.5) is 0 Å². The number of piperazine rings is 1. The van der Waals surface area contributed by atoms with Crippen LogP contribution >= 0.6 is 11.3 Å². The molecule has 28 heavy (non-hydrogen) atoms. The molecule has 0 radical (unpaired) electrons. The summed E-state index contributed by atoms with van der Waals surface area (Å²) in [4.78, 5) is 16.8. The second kappa shape index (κ2) is 11.7. The van der Waals surface area contributed by atoms with E-state index >= 15 is 0 Å². The van der Waals surface area contributed by atoms with Crippen LogP contribution in [0.1, 0.15) is 44.5 Å². The number of aromatic nitrogens is 1. The van der Waals surface area contributed by atoms with Crippen molar-refractivity contribution in [3.8, 4) is 0 Å². The molecule has 2 unspecified atom stereocenters. The van der Waals surface area contributed by atoms with Crippen molar-refractivity contribution in [2.75, 3.05) is 60.0 Å². The fourth-order valence-corrected chi connectivity index (χ4v) is 4.17. The molecule has 8 heteroatoms. The first-order valence-electron chi connectivity index (χ1n) is 10.4. The van der Waals surface area contributed by atoms with Gasteiger partial charge in [-0.1, -0.05) is 6.92 Å². The normalized spacial score (nSPS) is 18.9. The summed E-state index contributed by atoms with van der Waals surface area (Å²) in [6.07, 6.45) is 0.0417. The van der Waals surface area contributed by atoms with E-state index in [2.05, 4.69) is 53.2 Å². The molecule has 0 aliphatic carbocycles. The fraction of sp³-hybridized carbons (Fsp3) is 0.800. The Morgan fingerprint density at radius 1 is 1.32 bits per heavy atom. The number of hydrogen-bond donors (Lipinski definition) is 1. The Kier molecular flexibility index (Phi) is 9.64. The van der Waals surface area contributed by atoms with Gasteiger partial charge in [-0.3, -0.25) is 9.89 Å². The Labute approximate surface area is 174 Å². The van der Waals surface area contributed by atoms with Crippen LogP contribution in [0.15, 0.2) is 10.4 Å². The summed E-state index contributed by atoms with van der Waals surface area (Å²) in [5, 5.41) is 6.55. The van der Waals surface area contributed by atoms with Gasteiger partial charge in [0.25, 0.3) is 0 Å². The minimum Gasteiger partial charge on any atom is -0.375 e. The molecule has 1 aromatic heterocycles. The van der Waals surface area contributed by atoms with Gasteiger partial charge in [-0.2, -0.15) is 0 Å². The Morgan fingerprint density at radius 2 is 2.04 bits per heavy atom. The lowest BCUT2D eigenvalue weighted by Crippen LogP contribution is -2.50. The zero-order chi connectivity index (χ0) is 20.5. The van der Waals surface area contributed by atoms with Crippen molar-refractivity contribution in [1.82, 2.24) is 25.0 Å². The van der Waals surface area contributed by atoms with E-state index in [1.54, 1.807) is 18.4 Å². The van der Waals surface area contributed by atoms with Crippen molar-refractivity contribution in [3.63, 3.8) is 0 Å². The fourth-order valence-electron chi connectivity index (χ4n) is 3.32. The average Bonchev–Trinajstić information content (AvgIpc) is 3.18. The van der Waals surface area contributed by atoms with Crippen molar-refractivity contribution in [2.24, 2.45) is 4.99 Å². The molecular weight excluding hydrogens is 372 g/mol. The van der Waals surface area contributed by atoms with Crippen molar-refractivity contribution in [3.05, 3.63) is 16.1 Å². The molecule has 1 aliphatic heterocycles. The van der Waals surface area contributed by atoms with E-state index in [1.165, 1.54) is 0 Å². The maximum absolute atomic E-state index is 5.37. The number of guanidine groups is 1. The largest absolute Gasteiger partial charge is 0.375 e. The Bertz CT molecular complexity index is 599. The highest BCUT2D eigenvalue weighted by molar-refractivity contribution is 7.09. The second-order valence-corrected chi connectivity index (χ2v) is 8.31. The summed E-state index contributed by atoms with van der Waals surface area (Å²) < 4.78 is 5.37. The second-order valence-electron chi connectivity index (χ2n) is 7.42. The van der Waals surface area contributed by atoms with Crippen LogP contribution < -0.4 is 5.32 Å². The number of aliphatic imine (C=N–C) groups is 1. The van der Waals surface area contributed by atoms with Gasteiger partial charge < -0.3 is 19.9 Å². The molecule has 1 saturated heterocycles. The third kappa shape index (κ3) is 6.69. The van der Waals surface area contributed by atoms with Crippen LogP contribution in [0.25, 0.3) is 0 Å². The molecule has 2 atom stereocenters. The molecular formula is C20H38N6OS. The lowest BCUT2D eigenvalue weighted by molar-refractivity contribution is 0.109. The number of nitrogens with zero attached hydrogens (tertiary/aromatic N) is 5. The quantitative estimate of drug-likeness (QED) is 0.498. The van der Waals surface area contributed by atoms with Crippen LogP contribution in [-0.2, 0) is 11.3 Å². The zero-order valence-corrected chi connectivity index (χ0v) is 19.3. The third-order valence-corrected chi connectivity index (χ3v) is 6.40. The van der Waals surface area contributed by atoms with Crippen molar-refractivity contribution < 1.29 is 4.74 Å². The van der Waals surface area contributed by atoms with Crippen molar-refractivity contribution in [1.29, 1.82) is 0 Å². The Morgan fingerprint density at radius 3 is 2.64 bits per heavy atom. The molecule has 1 aliphatic rings. The maximum atomic E-state index is 5.37. The first kappa shape index (κ1) is 23.1. The van der Waals surface area contributed by atoms with Gasteiger partial charge in [-0.15, -0.1) is 11.3 Å². The first-order valence-corrected chi connectivity index (χ1v) is 11.3. The molecule has 0 amide bonds. The molecule has 160 valence electrons. The van der Waals surface area contributed by atoms with E-state index in [4.69, 9.17) is 14.7 Å². The Hall–Kier alpha value is -1.22. The molecule has 0 bridgehead atoms. The van der Waals surface area contributed by atoms with E-state index in [0.717, 1.165) is 69.0 Å². The van der Waals surface area contributed by atoms with E-state index < -0.39 is 0 Å². The summed E-state index contributed by atoms with van der Waals surface area (Å²) in [7, 11) is 3.79. The minimum absolute atomic E-state index is 0.0417. The van der Waals surface area contributed by atoms with Gasteiger partial charge in [-0.05, 0) is 27.3 Å². The topological polar surface area (TPSA) is 56.2 Å². The lowest BCUT2D eigenvalue weighted by Gasteiger charge is -2.37. The van der Waals surface area contributed by atoms with Gasteiger partial charge in [0.05, 0.1) is 18.8 Å². The van der Waals surface area contributed by atoms with Gasteiger partial charge >= 0.3 is 0 Å². The summed E-state index contributed by atoms with van der Waals surface area (Å²) in [5.74, 6) is 0.941. The number of hydrogen-bond acceptors (Lipinski definition) is 6. The summed E-state index contributed by atoms with van der Waals surface area (Å²) in [5.41, 5.74) is 1.06. The number of nitrogens with one attached hydrogen (secondary N) is 1.